The highest BCUT2D eigenvalue weighted by molar-refractivity contribution is 6.02. The van der Waals surface area contributed by atoms with Crippen LogP contribution in [0.1, 0.15) is 36.5 Å². The van der Waals surface area contributed by atoms with E-state index in [-0.39, 0.29) is 28.3 Å². The van der Waals surface area contributed by atoms with Crippen molar-refractivity contribution in [3.8, 4) is 28.5 Å². The number of alkyl halides is 2. The Balaban J connectivity index is 1.48. The molecular weight excluding hydrogens is 446 g/mol. The standard InChI is InChI=1S/C25H26F2N2O5/c1-25(12-32-13-25)14-33-17-5-6-29-18(11-28-22(29)10-17)16-8-20(31-2)23(19(30)7-15-3-4-15)21(9-16)34-24(26)27/h5-6,8-11,15,24H,3-4,7,12-14H2,1-2H3. The number of ketones is 1. The zero-order valence-electron chi connectivity index (χ0n) is 19.1. The average Bonchev–Trinajstić information content (AvgIpc) is 3.50. The topological polar surface area (TPSA) is 71.3 Å². The second-order valence-electron chi connectivity index (χ2n) is 9.33. The number of aromatic nitrogens is 2. The summed E-state index contributed by atoms with van der Waals surface area (Å²) in [6.07, 6.45) is 5.67. The molecule has 1 aromatic carbocycles. The van der Waals surface area contributed by atoms with Crippen LogP contribution in [0.5, 0.6) is 17.2 Å². The third-order valence-corrected chi connectivity index (χ3v) is 6.22. The van der Waals surface area contributed by atoms with Crippen LogP contribution in [0.2, 0.25) is 0 Å². The molecule has 0 amide bonds. The fourth-order valence-corrected chi connectivity index (χ4v) is 4.11. The molecule has 0 unspecified atom stereocenters. The predicted molar refractivity (Wildman–Crippen MR) is 120 cm³/mol. The number of ether oxygens (including phenoxy) is 4. The number of fused-ring (bicyclic) bond motifs is 1. The molecule has 7 nitrogen and oxygen atoms in total. The lowest BCUT2D eigenvalue weighted by Gasteiger charge is -2.37. The molecule has 1 aliphatic carbocycles. The van der Waals surface area contributed by atoms with Crippen molar-refractivity contribution in [2.75, 3.05) is 26.9 Å². The Labute approximate surface area is 195 Å². The number of rotatable bonds is 10. The van der Waals surface area contributed by atoms with Crippen LogP contribution in [0.4, 0.5) is 8.78 Å². The lowest BCUT2D eigenvalue weighted by Crippen LogP contribution is -2.44. The van der Waals surface area contributed by atoms with Gasteiger partial charge in [-0.05, 0) is 37.0 Å². The number of methoxy groups -OCH3 is 1. The number of nitrogens with zero attached hydrogens (tertiary/aromatic N) is 2. The summed E-state index contributed by atoms with van der Waals surface area (Å²) in [6.45, 7) is 0.920. The molecule has 0 bridgehead atoms. The molecule has 0 radical (unpaired) electrons. The van der Waals surface area contributed by atoms with Crippen molar-refractivity contribution in [3.63, 3.8) is 0 Å². The molecular formula is C25H26F2N2O5. The van der Waals surface area contributed by atoms with E-state index < -0.39 is 6.61 Å². The van der Waals surface area contributed by atoms with Gasteiger partial charge in [-0.3, -0.25) is 9.20 Å². The van der Waals surface area contributed by atoms with Gasteiger partial charge in [-0.25, -0.2) is 4.98 Å². The number of hydrogen-bond donors (Lipinski definition) is 0. The van der Waals surface area contributed by atoms with Crippen LogP contribution in [0.25, 0.3) is 16.9 Å². The van der Waals surface area contributed by atoms with E-state index in [1.165, 1.54) is 13.2 Å². The second-order valence-corrected chi connectivity index (χ2v) is 9.33. The largest absolute Gasteiger partial charge is 0.496 e. The van der Waals surface area contributed by atoms with Crippen LogP contribution in [-0.2, 0) is 4.74 Å². The summed E-state index contributed by atoms with van der Waals surface area (Å²) in [6, 6.07) is 6.74. The first-order valence-corrected chi connectivity index (χ1v) is 11.2. The van der Waals surface area contributed by atoms with Gasteiger partial charge in [0.1, 0.15) is 28.5 Å². The van der Waals surface area contributed by atoms with Gasteiger partial charge in [0.25, 0.3) is 0 Å². The van der Waals surface area contributed by atoms with Crippen molar-refractivity contribution in [2.24, 2.45) is 11.3 Å². The molecule has 180 valence electrons. The number of benzene rings is 1. The number of halogens is 2. The van der Waals surface area contributed by atoms with Gasteiger partial charge >= 0.3 is 6.61 Å². The van der Waals surface area contributed by atoms with E-state index in [0.29, 0.717) is 54.8 Å². The molecule has 1 aliphatic heterocycles. The molecule has 2 fully saturated rings. The number of imidazole rings is 1. The monoisotopic (exact) mass is 472 g/mol. The molecule has 2 aliphatic rings. The number of carbonyl (C=O) groups is 1. The first-order chi connectivity index (χ1) is 16.3. The summed E-state index contributed by atoms with van der Waals surface area (Å²) >= 11 is 0. The Bertz CT molecular complexity index is 1220. The molecule has 3 aromatic rings. The van der Waals surface area contributed by atoms with Crippen LogP contribution in [0.3, 0.4) is 0 Å². The Morgan fingerprint density at radius 1 is 1.26 bits per heavy atom. The minimum absolute atomic E-state index is 0.0169. The fourth-order valence-electron chi connectivity index (χ4n) is 4.11. The van der Waals surface area contributed by atoms with E-state index in [9.17, 15) is 13.6 Å². The number of hydrogen-bond acceptors (Lipinski definition) is 6. The van der Waals surface area contributed by atoms with Crippen molar-refractivity contribution < 1.29 is 32.5 Å². The van der Waals surface area contributed by atoms with Crippen molar-refractivity contribution in [3.05, 3.63) is 42.2 Å². The van der Waals surface area contributed by atoms with Gasteiger partial charge in [-0.15, -0.1) is 0 Å². The van der Waals surface area contributed by atoms with Crippen LogP contribution >= 0.6 is 0 Å². The predicted octanol–water partition coefficient (Wildman–Crippen LogP) is 5.01. The van der Waals surface area contributed by atoms with Gasteiger partial charge in [0, 0.05) is 29.7 Å². The quantitative estimate of drug-likeness (QED) is 0.387. The number of Topliss-reactive ketones (excluding diaryl/α,β-unsaturated/α-hetero) is 1. The Hall–Kier alpha value is -3.20. The lowest BCUT2D eigenvalue weighted by molar-refractivity contribution is -0.120. The molecule has 34 heavy (non-hydrogen) atoms. The minimum Gasteiger partial charge on any atom is -0.496 e. The van der Waals surface area contributed by atoms with Crippen molar-refractivity contribution >= 4 is 11.4 Å². The summed E-state index contributed by atoms with van der Waals surface area (Å²) in [7, 11) is 1.41. The SMILES string of the molecule is COc1cc(-c2cnc3cc(OCC4(C)COC4)ccn23)cc(OC(F)F)c1C(=O)CC1CC1. The summed E-state index contributed by atoms with van der Waals surface area (Å²) in [5.74, 6) is 0.724. The summed E-state index contributed by atoms with van der Waals surface area (Å²) in [5, 5.41) is 0. The number of pyridine rings is 1. The van der Waals surface area contributed by atoms with E-state index >= 15 is 0 Å². The molecule has 3 heterocycles. The highest BCUT2D eigenvalue weighted by Gasteiger charge is 2.34. The molecule has 1 saturated carbocycles. The summed E-state index contributed by atoms with van der Waals surface area (Å²) in [4.78, 5) is 17.3. The van der Waals surface area contributed by atoms with Crippen molar-refractivity contribution in [1.29, 1.82) is 0 Å². The van der Waals surface area contributed by atoms with E-state index in [1.807, 2.05) is 16.5 Å². The van der Waals surface area contributed by atoms with Crippen LogP contribution in [0.15, 0.2) is 36.7 Å². The zero-order chi connectivity index (χ0) is 23.9. The lowest BCUT2D eigenvalue weighted by atomic mass is 9.90. The van der Waals surface area contributed by atoms with Gasteiger partial charge in [0.15, 0.2) is 5.78 Å². The van der Waals surface area contributed by atoms with Gasteiger partial charge in [0.05, 0.1) is 38.8 Å². The van der Waals surface area contributed by atoms with Gasteiger partial charge in [-0.1, -0.05) is 6.92 Å². The Kier molecular flexibility index (Phi) is 5.89. The van der Waals surface area contributed by atoms with Crippen LogP contribution < -0.4 is 14.2 Å². The van der Waals surface area contributed by atoms with E-state index in [2.05, 4.69) is 11.9 Å². The number of carbonyl (C=O) groups excluding carboxylic acids is 1. The highest BCUT2D eigenvalue weighted by atomic mass is 19.3. The minimum atomic E-state index is -3.07. The van der Waals surface area contributed by atoms with E-state index in [1.54, 1.807) is 18.5 Å². The molecule has 2 aromatic heterocycles. The smallest absolute Gasteiger partial charge is 0.387 e. The van der Waals surface area contributed by atoms with Gasteiger partial charge in [0.2, 0.25) is 0 Å². The van der Waals surface area contributed by atoms with Crippen LogP contribution in [0, 0.1) is 11.3 Å². The third kappa shape index (κ3) is 4.57. The Morgan fingerprint density at radius 2 is 2.03 bits per heavy atom. The van der Waals surface area contributed by atoms with E-state index in [4.69, 9.17) is 18.9 Å². The first kappa shape index (κ1) is 22.6. The molecule has 0 N–H and O–H groups in total. The average molecular weight is 472 g/mol. The Morgan fingerprint density at radius 3 is 2.68 bits per heavy atom. The van der Waals surface area contributed by atoms with E-state index in [0.717, 1.165) is 12.8 Å². The second kappa shape index (κ2) is 8.87. The highest BCUT2D eigenvalue weighted by Crippen LogP contribution is 2.40. The summed E-state index contributed by atoms with van der Waals surface area (Å²) in [5.41, 5.74) is 1.88. The maximum absolute atomic E-state index is 13.2. The molecule has 0 spiro atoms. The molecule has 1 saturated heterocycles. The maximum Gasteiger partial charge on any atom is 0.387 e. The molecule has 5 rings (SSSR count). The third-order valence-electron chi connectivity index (χ3n) is 6.22. The molecule has 9 heteroatoms. The fraction of sp³-hybridized carbons (Fsp3) is 0.440. The van der Waals surface area contributed by atoms with Crippen molar-refractivity contribution in [1.82, 2.24) is 9.38 Å². The maximum atomic E-state index is 13.2. The summed E-state index contributed by atoms with van der Waals surface area (Å²) < 4.78 is 49.6. The zero-order valence-corrected chi connectivity index (χ0v) is 19.1. The van der Waals surface area contributed by atoms with Gasteiger partial charge < -0.3 is 18.9 Å². The molecule has 0 atom stereocenters. The van der Waals surface area contributed by atoms with Gasteiger partial charge in [-0.2, -0.15) is 8.78 Å². The van der Waals surface area contributed by atoms with Crippen molar-refractivity contribution in [2.45, 2.75) is 32.8 Å². The van der Waals surface area contributed by atoms with Crippen LogP contribution in [-0.4, -0.2) is 48.7 Å². The first-order valence-electron chi connectivity index (χ1n) is 11.2. The normalized spacial score (nSPS) is 17.0.